The van der Waals surface area contributed by atoms with Crippen LogP contribution in [0.3, 0.4) is 0 Å². The minimum absolute atomic E-state index is 0.423. The van der Waals surface area contributed by atoms with E-state index < -0.39 is 6.09 Å². The van der Waals surface area contributed by atoms with E-state index in [2.05, 4.69) is 37.4 Å². The van der Waals surface area contributed by atoms with E-state index in [0.29, 0.717) is 18.5 Å². The van der Waals surface area contributed by atoms with Crippen LogP contribution in [0.4, 0.5) is 10.5 Å². The number of fused-ring (bicyclic) bond motifs is 3. The summed E-state index contributed by atoms with van der Waals surface area (Å²) in [6.45, 7) is 0.546. The first kappa shape index (κ1) is 15.7. The molecule has 0 saturated heterocycles. The van der Waals surface area contributed by atoms with E-state index in [1.165, 1.54) is 0 Å². The number of rotatable bonds is 4. The highest BCUT2D eigenvalue weighted by molar-refractivity contribution is 5.88. The number of aromatic amines is 1. The number of amides is 1. The fraction of sp³-hybridized carbons (Fsp3) is 0.500. The molecule has 4 rings (SSSR count). The SMILES string of the molecule is CN(c1c[nH]c2ncc3nncn3c12)C1CCC(CNC(=O)O)CC1. The Balaban J connectivity index is 1.52. The topological polar surface area (TPSA) is 111 Å². The fourth-order valence-electron chi connectivity index (χ4n) is 3.79. The van der Waals surface area contributed by atoms with Crippen molar-refractivity contribution in [1.29, 1.82) is 0 Å². The monoisotopic (exact) mass is 343 g/mol. The Morgan fingerprint density at radius 2 is 2.24 bits per heavy atom. The highest BCUT2D eigenvalue weighted by Gasteiger charge is 2.26. The van der Waals surface area contributed by atoms with E-state index in [1.54, 1.807) is 12.5 Å². The molecule has 0 unspecified atom stereocenters. The number of anilines is 1. The largest absolute Gasteiger partial charge is 0.465 e. The van der Waals surface area contributed by atoms with Gasteiger partial charge in [-0.2, -0.15) is 0 Å². The van der Waals surface area contributed by atoms with E-state index in [4.69, 9.17) is 5.11 Å². The zero-order valence-electron chi connectivity index (χ0n) is 14.0. The zero-order valence-corrected chi connectivity index (χ0v) is 14.0. The van der Waals surface area contributed by atoms with Crippen LogP contribution in [0.5, 0.6) is 0 Å². The molecular formula is C16H21N7O2. The Bertz CT molecular complexity index is 894. The summed E-state index contributed by atoms with van der Waals surface area (Å²) in [5.41, 5.74) is 3.61. The molecule has 0 atom stereocenters. The molecule has 25 heavy (non-hydrogen) atoms. The van der Waals surface area contributed by atoms with E-state index in [0.717, 1.165) is 48.2 Å². The molecule has 3 N–H and O–H groups in total. The molecule has 0 spiro atoms. The van der Waals surface area contributed by atoms with E-state index in [1.807, 2.05) is 10.6 Å². The van der Waals surface area contributed by atoms with Gasteiger partial charge in [0, 0.05) is 25.8 Å². The summed E-state index contributed by atoms with van der Waals surface area (Å²) in [7, 11) is 2.10. The molecule has 0 radical (unpaired) electrons. The number of carbonyl (C=O) groups is 1. The molecule has 9 nitrogen and oxygen atoms in total. The summed E-state index contributed by atoms with van der Waals surface area (Å²) in [4.78, 5) is 20.6. The standard InChI is InChI=1S/C16H21N7O2/c1-22(11-4-2-10(3-5-11)6-19-16(24)25)12-7-17-15-14(12)23-9-20-21-13(23)8-18-15/h7-11,17,19H,2-6H2,1H3,(H,24,25). The van der Waals surface area contributed by atoms with Crippen LogP contribution in [-0.2, 0) is 0 Å². The van der Waals surface area contributed by atoms with Gasteiger partial charge in [0.1, 0.15) is 11.8 Å². The second kappa shape index (κ2) is 6.23. The Kier molecular flexibility index (Phi) is 3.90. The van der Waals surface area contributed by atoms with Crippen molar-refractivity contribution >= 4 is 28.6 Å². The second-order valence-electron chi connectivity index (χ2n) is 6.66. The van der Waals surface area contributed by atoms with Gasteiger partial charge < -0.3 is 20.3 Å². The number of hydrogen-bond donors (Lipinski definition) is 3. The third-order valence-electron chi connectivity index (χ3n) is 5.22. The molecule has 132 valence electrons. The van der Waals surface area contributed by atoms with Gasteiger partial charge in [-0.1, -0.05) is 0 Å². The predicted octanol–water partition coefficient (Wildman–Crippen LogP) is 1.87. The molecule has 0 bridgehead atoms. The Morgan fingerprint density at radius 3 is 3.00 bits per heavy atom. The van der Waals surface area contributed by atoms with Crippen LogP contribution in [-0.4, -0.2) is 55.4 Å². The van der Waals surface area contributed by atoms with Crippen molar-refractivity contribution in [2.24, 2.45) is 5.92 Å². The van der Waals surface area contributed by atoms with Crippen molar-refractivity contribution in [3.63, 3.8) is 0 Å². The van der Waals surface area contributed by atoms with Crippen LogP contribution in [0.2, 0.25) is 0 Å². The first-order chi connectivity index (χ1) is 12.1. The van der Waals surface area contributed by atoms with Crippen LogP contribution in [0.1, 0.15) is 25.7 Å². The number of carboxylic acid groups (broad SMARTS) is 1. The Labute approximate surface area is 144 Å². The molecule has 1 amide bonds. The van der Waals surface area contributed by atoms with Gasteiger partial charge in [-0.3, -0.25) is 4.40 Å². The van der Waals surface area contributed by atoms with Gasteiger partial charge in [0.2, 0.25) is 0 Å². The quantitative estimate of drug-likeness (QED) is 0.667. The van der Waals surface area contributed by atoms with Crippen LogP contribution in [0.25, 0.3) is 16.8 Å². The van der Waals surface area contributed by atoms with Gasteiger partial charge in [-0.25, -0.2) is 9.78 Å². The maximum atomic E-state index is 10.6. The molecule has 1 fully saturated rings. The summed E-state index contributed by atoms with van der Waals surface area (Å²) < 4.78 is 1.95. The Morgan fingerprint density at radius 1 is 1.44 bits per heavy atom. The lowest BCUT2D eigenvalue weighted by Gasteiger charge is -2.35. The van der Waals surface area contributed by atoms with Gasteiger partial charge >= 0.3 is 6.09 Å². The van der Waals surface area contributed by atoms with Gasteiger partial charge in [-0.15, -0.1) is 10.2 Å². The fourth-order valence-corrected chi connectivity index (χ4v) is 3.79. The molecule has 3 heterocycles. The first-order valence-corrected chi connectivity index (χ1v) is 8.49. The number of aromatic nitrogens is 5. The van der Waals surface area contributed by atoms with Crippen molar-refractivity contribution in [2.75, 3.05) is 18.5 Å². The molecule has 3 aromatic rings. The van der Waals surface area contributed by atoms with Crippen LogP contribution in [0.15, 0.2) is 18.7 Å². The number of nitrogens with one attached hydrogen (secondary N) is 2. The van der Waals surface area contributed by atoms with E-state index >= 15 is 0 Å². The molecular weight excluding hydrogens is 322 g/mol. The van der Waals surface area contributed by atoms with Crippen molar-refractivity contribution in [1.82, 2.24) is 29.9 Å². The maximum Gasteiger partial charge on any atom is 0.404 e. The zero-order chi connectivity index (χ0) is 17.4. The lowest BCUT2D eigenvalue weighted by atomic mass is 9.85. The third-order valence-corrected chi connectivity index (χ3v) is 5.22. The molecule has 3 aromatic heterocycles. The summed E-state index contributed by atoms with van der Waals surface area (Å²) in [5.74, 6) is 0.426. The summed E-state index contributed by atoms with van der Waals surface area (Å²) in [5, 5.41) is 19.3. The molecule has 1 saturated carbocycles. The Hall–Kier alpha value is -2.84. The molecule has 0 aromatic carbocycles. The summed E-state index contributed by atoms with van der Waals surface area (Å²) >= 11 is 0. The number of H-pyrrole nitrogens is 1. The lowest BCUT2D eigenvalue weighted by Crippen LogP contribution is -2.38. The molecule has 0 aliphatic heterocycles. The summed E-state index contributed by atoms with van der Waals surface area (Å²) in [6.07, 6.45) is 8.59. The van der Waals surface area contributed by atoms with Gasteiger partial charge in [0.15, 0.2) is 11.3 Å². The maximum absolute atomic E-state index is 10.6. The van der Waals surface area contributed by atoms with Crippen LogP contribution >= 0.6 is 0 Å². The second-order valence-corrected chi connectivity index (χ2v) is 6.66. The minimum Gasteiger partial charge on any atom is -0.465 e. The molecule has 1 aliphatic rings. The van der Waals surface area contributed by atoms with Crippen molar-refractivity contribution < 1.29 is 9.90 Å². The van der Waals surface area contributed by atoms with Gasteiger partial charge in [-0.05, 0) is 31.6 Å². The lowest BCUT2D eigenvalue weighted by molar-refractivity contribution is 0.189. The highest BCUT2D eigenvalue weighted by atomic mass is 16.4. The van der Waals surface area contributed by atoms with Crippen LogP contribution in [0, 0.1) is 5.92 Å². The first-order valence-electron chi connectivity index (χ1n) is 8.49. The van der Waals surface area contributed by atoms with E-state index in [9.17, 15) is 4.79 Å². The number of nitrogens with zero attached hydrogens (tertiary/aromatic N) is 5. The van der Waals surface area contributed by atoms with Crippen LogP contribution < -0.4 is 10.2 Å². The van der Waals surface area contributed by atoms with Crippen molar-refractivity contribution in [3.8, 4) is 0 Å². The predicted molar refractivity (Wildman–Crippen MR) is 92.8 cm³/mol. The minimum atomic E-state index is -0.941. The van der Waals surface area contributed by atoms with Crippen molar-refractivity contribution in [3.05, 3.63) is 18.7 Å². The normalized spacial score (nSPS) is 20.8. The molecule has 1 aliphatic carbocycles. The average Bonchev–Trinajstić information content (AvgIpc) is 3.25. The van der Waals surface area contributed by atoms with Gasteiger partial charge in [0.25, 0.3) is 0 Å². The molecule has 9 heteroatoms. The smallest absolute Gasteiger partial charge is 0.404 e. The van der Waals surface area contributed by atoms with E-state index in [-0.39, 0.29) is 0 Å². The average molecular weight is 343 g/mol. The highest BCUT2D eigenvalue weighted by Crippen LogP contribution is 2.32. The number of hydrogen-bond acceptors (Lipinski definition) is 5. The third kappa shape index (κ3) is 2.86. The van der Waals surface area contributed by atoms with Crippen molar-refractivity contribution in [2.45, 2.75) is 31.7 Å². The van der Waals surface area contributed by atoms with Gasteiger partial charge in [0.05, 0.1) is 11.9 Å². The summed E-state index contributed by atoms with van der Waals surface area (Å²) in [6, 6.07) is 0.423.